The Balaban J connectivity index is 1.74. The van der Waals surface area contributed by atoms with E-state index >= 15 is 0 Å². The predicted molar refractivity (Wildman–Crippen MR) is 75.0 cm³/mol. The van der Waals surface area contributed by atoms with E-state index in [9.17, 15) is 9.59 Å². The number of amides is 1. The van der Waals surface area contributed by atoms with Gasteiger partial charge < -0.3 is 14.5 Å². The maximum atomic E-state index is 11.5. The number of ether oxygens (including phenoxy) is 1. The molecule has 2 rings (SSSR count). The van der Waals surface area contributed by atoms with E-state index in [1.165, 1.54) is 6.07 Å². The standard InChI is InChI=1S/C14H12BrNO4/c15-12-7-6-11(20-12)14(18)19-9-13(17)16-8-10-4-2-1-3-5-10/h1-7H,8-9H2,(H,16,17). The van der Waals surface area contributed by atoms with E-state index in [1.54, 1.807) is 6.07 Å². The van der Waals surface area contributed by atoms with Gasteiger partial charge in [-0.1, -0.05) is 30.3 Å². The molecule has 0 fully saturated rings. The molecule has 0 aliphatic rings. The third kappa shape index (κ3) is 4.24. The number of rotatable bonds is 5. The van der Waals surface area contributed by atoms with Crippen molar-refractivity contribution in [1.29, 1.82) is 0 Å². The average Bonchev–Trinajstić information content (AvgIpc) is 2.90. The first-order valence-corrected chi connectivity index (χ1v) is 6.67. The van der Waals surface area contributed by atoms with Crippen molar-refractivity contribution in [1.82, 2.24) is 5.32 Å². The van der Waals surface area contributed by atoms with Crippen molar-refractivity contribution in [3.05, 3.63) is 58.5 Å². The Morgan fingerprint density at radius 3 is 2.55 bits per heavy atom. The van der Waals surface area contributed by atoms with Gasteiger partial charge in [0.05, 0.1) is 0 Å². The number of hydrogen-bond donors (Lipinski definition) is 1. The van der Waals surface area contributed by atoms with Crippen LogP contribution >= 0.6 is 15.9 Å². The lowest BCUT2D eigenvalue weighted by Gasteiger charge is -2.05. The first-order valence-electron chi connectivity index (χ1n) is 5.88. The van der Waals surface area contributed by atoms with Gasteiger partial charge in [-0.3, -0.25) is 4.79 Å². The Morgan fingerprint density at radius 1 is 1.15 bits per heavy atom. The van der Waals surface area contributed by atoms with Gasteiger partial charge in [-0.05, 0) is 33.6 Å². The van der Waals surface area contributed by atoms with Crippen LogP contribution in [0.4, 0.5) is 0 Å². The van der Waals surface area contributed by atoms with Gasteiger partial charge >= 0.3 is 5.97 Å². The van der Waals surface area contributed by atoms with Crippen LogP contribution in [-0.4, -0.2) is 18.5 Å². The molecule has 1 aromatic carbocycles. The molecule has 2 aromatic rings. The number of benzene rings is 1. The molecule has 1 heterocycles. The topological polar surface area (TPSA) is 68.5 Å². The molecule has 20 heavy (non-hydrogen) atoms. The fourth-order valence-corrected chi connectivity index (χ4v) is 1.78. The quantitative estimate of drug-likeness (QED) is 0.851. The third-order valence-electron chi connectivity index (χ3n) is 2.44. The van der Waals surface area contributed by atoms with Crippen LogP contribution < -0.4 is 5.32 Å². The van der Waals surface area contributed by atoms with E-state index in [0.717, 1.165) is 5.56 Å². The summed E-state index contributed by atoms with van der Waals surface area (Å²) in [7, 11) is 0. The zero-order valence-corrected chi connectivity index (χ0v) is 12.1. The van der Waals surface area contributed by atoms with E-state index in [1.807, 2.05) is 30.3 Å². The van der Waals surface area contributed by atoms with Crippen molar-refractivity contribution >= 4 is 27.8 Å². The normalized spacial score (nSPS) is 10.1. The second-order valence-corrected chi connectivity index (χ2v) is 4.72. The molecule has 0 unspecified atom stereocenters. The second-order valence-electron chi connectivity index (χ2n) is 3.94. The molecule has 1 N–H and O–H groups in total. The van der Waals surface area contributed by atoms with Crippen molar-refractivity contribution in [2.24, 2.45) is 0 Å². The summed E-state index contributed by atoms with van der Waals surface area (Å²) in [6.45, 7) is 0.0491. The molecule has 0 saturated heterocycles. The lowest BCUT2D eigenvalue weighted by atomic mass is 10.2. The molecule has 0 bridgehead atoms. The van der Waals surface area contributed by atoms with Gasteiger partial charge in [0, 0.05) is 6.54 Å². The monoisotopic (exact) mass is 337 g/mol. The minimum atomic E-state index is -0.675. The molecule has 0 spiro atoms. The number of hydrogen-bond acceptors (Lipinski definition) is 4. The van der Waals surface area contributed by atoms with Crippen molar-refractivity contribution in [2.45, 2.75) is 6.54 Å². The summed E-state index contributed by atoms with van der Waals surface area (Å²) in [6, 6.07) is 12.5. The first kappa shape index (κ1) is 14.3. The Morgan fingerprint density at radius 2 is 1.90 bits per heavy atom. The predicted octanol–water partition coefficient (Wildman–Crippen LogP) is 2.52. The fourth-order valence-electron chi connectivity index (χ4n) is 1.47. The van der Waals surface area contributed by atoms with Crippen LogP contribution in [0.15, 0.2) is 51.6 Å². The molecule has 6 heteroatoms. The number of esters is 1. The molecule has 0 saturated carbocycles. The van der Waals surface area contributed by atoms with Crippen LogP contribution in [0.25, 0.3) is 0 Å². The molecular weight excluding hydrogens is 326 g/mol. The third-order valence-corrected chi connectivity index (χ3v) is 2.87. The van der Waals surface area contributed by atoms with E-state index in [-0.39, 0.29) is 18.3 Å². The van der Waals surface area contributed by atoms with Crippen molar-refractivity contribution < 1.29 is 18.7 Å². The van der Waals surface area contributed by atoms with Crippen LogP contribution in [0, 0.1) is 0 Å². The number of carbonyl (C=O) groups is 2. The number of carbonyl (C=O) groups excluding carboxylic acids is 2. The largest absolute Gasteiger partial charge is 0.450 e. The summed E-state index contributed by atoms with van der Waals surface area (Å²) >= 11 is 3.08. The summed E-state index contributed by atoms with van der Waals surface area (Å²) in [5, 5.41) is 2.65. The smallest absolute Gasteiger partial charge is 0.374 e. The van der Waals surface area contributed by atoms with E-state index in [0.29, 0.717) is 11.2 Å². The summed E-state index contributed by atoms with van der Waals surface area (Å²) in [5.41, 5.74) is 0.974. The Hall–Kier alpha value is -2.08. The van der Waals surface area contributed by atoms with Crippen molar-refractivity contribution in [3.8, 4) is 0 Å². The lowest BCUT2D eigenvalue weighted by molar-refractivity contribution is -0.124. The van der Waals surface area contributed by atoms with Crippen LogP contribution in [0.3, 0.4) is 0 Å². The Labute approximate surface area is 124 Å². The van der Waals surface area contributed by atoms with Crippen LogP contribution in [0.5, 0.6) is 0 Å². The highest BCUT2D eigenvalue weighted by atomic mass is 79.9. The SMILES string of the molecule is O=C(COC(=O)c1ccc(Br)o1)NCc1ccccc1. The van der Waals surface area contributed by atoms with Gasteiger partial charge in [0.25, 0.3) is 5.91 Å². The molecule has 0 atom stereocenters. The summed E-state index contributed by atoms with van der Waals surface area (Å²) in [6.07, 6.45) is 0. The maximum absolute atomic E-state index is 11.5. The average molecular weight is 338 g/mol. The van der Waals surface area contributed by atoms with E-state index in [2.05, 4.69) is 21.2 Å². The summed E-state index contributed by atoms with van der Waals surface area (Å²) in [5.74, 6) is -0.994. The highest BCUT2D eigenvalue weighted by Gasteiger charge is 2.13. The van der Waals surface area contributed by atoms with E-state index in [4.69, 9.17) is 9.15 Å². The summed E-state index contributed by atoms with van der Waals surface area (Å²) in [4.78, 5) is 23.0. The molecule has 5 nitrogen and oxygen atoms in total. The van der Waals surface area contributed by atoms with Crippen LogP contribution in [0.1, 0.15) is 16.1 Å². The molecule has 0 aliphatic heterocycles. The zero-order valence-electron chi connectivity index (χ0n) is 10.5. The van der Waals surface area contributed by atoms with Gasteiger partial charge in [-0.25, -0.2) is 4.79 Å². The first-order chi connectivity index (χ1) is 9.65. The Bertz CT molecular complexity index is 594. The molecule has 0 aliphatic carbocycles. The maximum Gasteiger partial charge on any atom is 0.374 e. The second kappa shape index (κ2) is 6.91. The Kier molecular flexibility index (Phi) is 4.95. The van der Waals surface area contributed by atoms with Crippen molar-refractivity contribution in [3.63, 3.8) is 0 Å². The molecular formula is C14H12BrNO4. The van der Waals surface area contributed by atoms with E-state index < -0.39 is 5.97 Å². The highest BCUT2D eigenvalue weighted by molar-refractivity contribution is 9.10. The van der Waals surface area contributed by atoms with Crippen LogP contribution in [0.2, 0.25) is 0 Å². The highest BCUT2D eigenvalue weighted by Crippen LogP contribution is 2.14. The van der Waals surface area contributed by atoms with Crippen molar-refractivity contribution in [2.75, 3.05) is 6.61 Å². The van der Waals surface area contributed by atoms with Crippen LogP contribution in [-0.2, 0) is 16.1 Å². The number of halogens is 1. The van der Waals surface area contributed by atoms with Gasteiger partial charge in [0.2, 0.25) is 5.76 Å². The van der Waals surface area contributed by atoms with Gasteiger partial charge in [0.1, 0.15) is 0 Å². The zero-order chi connectivity index (χ0) is 14.4. The minimum Gasteiger partial charge on any atom is -0.450 e. The molecule has 104 valence electrons. The van der Waals surface area contributed by atoms with Gasteiger partial charge in [-0.15, -0.1) is 0 Å². The fraction of sp³-hybridized carbons (Fsp3) is 0.143. The van der Waals surface area contributed by atoms with Gasteiger partial charge in [-0.2, -0.15) is 0 Å². The lowest BCUT2D eigenvalue weighted by Crippen LogP contribution is -2.28. The molecule has 0 radical (unpaired) electrons. The minimum absolute atomic E-state index is 0.0488. The molecule has 1 aromatic heterocycles. The summed E-state index contributed by atoms with van der Waals surface area (Å²) < 4.78 is 10.3. The van der Waals surface area contributed by atoms with Gasteiger partial charge in [0.15, 0.2) is 11.3 Å². The number of furan rings is 1. The molecule has 1 amide bonds. The number of nitrogens with one attached hydrogen (secondary N) is 1.